The number of fused-ring (bicyclic) bond motifs is 1. The minimum Gasteiger partial charge on any atom is -0.790 e. The third-order valence-electron chi connectivity index (χ3n) is 9.50. The second-order valence-corrected chi connectivity index (χ2v) is 19.5. The average molecular weight is 1050 g/mol. The molecule has 2 aromatic rings. The molecular formula is C33H48N5O26P4-7. The minimum atomic E-state index is -6.40. The highest BCUT2D eigenvalue weighted by atomic mass is 31.2. The Morgan fingerprint density at radius 3 is 1.84 bits per heavy atom. The number of carbonyl (C=O) groups is 3. The van der Waals surface area contributed by atoms with Crippen LogP contribution in [0.3, 0.4) is 0 Å². The fourth-order valence-corrected chi connectivity index (χ4v) is 9.00. The first-order valence-electron chi connectivity index (χ1n) is 20.6. The zero-order valence-corrected chi connectivity index (χ0v) is 39.4. The van der Waals surface area contributed by atoms with Crippen LogP contribution in [0.1, 0.15) is 84.0 Å². The number of nitrogens with one attached hydrogen (secondary N) is 2. The van der Waals surface area contributed by atoms with Crippen molar-refractivity contribution in [2.45, 2.75) is 127 Å². The molecule has 388 valence electrons. The van der Waals surface area contributed by atoms with Gasteiger partial charge in [0.05, 0.1) is 40.7 Å². The fourth-order valence-electron chi connectivity index (χ4n) is 6.42. The van der Waals surface area contributed by atoms with Gasteiger partial charge in [-0.25, -0.2) is 4.63 Å². The largest absolute Gasteiger partial charge is 0.790 e. The van der Waals surface area contributed by atoms with E-state index in [-0.39, 0.29) is 48.3 Å². The number of anilines is 1. The molecule has 68 heavy (non-hydrogen) atoms. The van der Waals surface area contributed by atoms with Crippen LogP contribution >= 0.6 is 31.3 Å². The molecule has 0 radical (unpaired) electrons. The van der Waals surface area contributed by atoms with Crippen LogP contribution in [0, 0.1) is 10.1 Å². The van der Waals surface area contributed by atoms with Crippen molar-refractivity contribution in [1.29, 1.82) is 0 Å². The number of aromatic nitrogens is 2. The molecule has 0 spiro atoms. The van der Waals surface area contributed by atoms with E-state index in [1.165, 1.54) is 12.1 Å². The quantitative estimate of drug-likeness (QED) is 0.0187. The molecule has 1 saturated carbocycles. The molecule has 0 bridgehead atoms. The van der Waals surface area contributed by atoms with Gasteiger partial charge in [-0.15, -0.1) is 0 Å². The molecule has 0 saturated heterocycles. The van der Waals surface area contributed by atoms with Gasteiger partial charge >= 0.3 is 17.6 Å². The molecule has 3 unspecified atom stereocenters. The number of rotatable bonds is 32. The number of nitro groups is 1. The smallest absolute Gasteiger partial charge is 0.306 e. The lowest BCUT2D eigenvalue weighted by atomic mass is 9.85. The Labute approximate surface area is 385 Å². The molecule has 3 rings (SSSR count). The summed E-state index contributed by atoms with van der Waals surface area (Å²) in [5, 5.41) is 45.6. The van der Waals surface area contributed by atoms with Crippen LogP contribution in [-0.2, 0) is 64.7 Å². The van der Waals surface area contributed by atoms with Crippen LogP contribution in [0.2, 0.25) is 0 Å². The van der Waals surface area contributed by atoms with Gasteiger partial charge < -0.3 is 101 Å². The van der Waals surface area contributed by atoms with E-state index in [0.717, 1.165) is 0 Å². The number of hydrogen-bond donors (Lipinski definition) is 4. The molecule has 1 aliphatic carbocycles. The molecule has 4 N–H and O–H groups in total. The molecule has 1 amide bonds. The van der Waals surface area contributed by atoms with Crippen LogP contribution in [0.25, 0.3) is 11.0 Å². The van der Waals surface area contributed by atoms with E-state index in [9.17, 15) is 87.2 Å². The molecule has 35 heteroatoms. The third-order valence-corrected chi connectivity index (χ3v) is 12.0. The van der Waals surface area contributed by atoms with Crippen molar-refractivity contribution in [1.82, 2.24) is 15.6 Å². The number of aliphatic hydroxyl groups is 2. The molecule has 31 nitrogen and oxygen atoms in total. The first-order chi connectivity index (χ1) is 31.7. The number of phosphoric ester groups is 4. The first-order valence-corrected chi connectivity index (χ1v) is 26.4. The number of ether oxygens (including phenoxy) is 2. The number of unbranched alkanes of at least 4 members (excludes halogenated alkanes) is 6. The van der Waals surface area contributed by atoms with Crippen molar-refractivity contribution in [3.63, 3.8) is 0 Å². The molecule has 1 aliphatic rings. The monoisotopic (exact) mass is 1050 g/mol. The predicted molar refractivity (Wildman–Crippen MR) is 210 cm³/mol. The first kappa shape index (κ1) is 58.9. The summed E-state index contributed by atoms with van der Waals surface area (Å²) >= 11 is 0. The number of phosphoric acid groups is 4. The van der Waals surface area contributed by atoms with E-state index in [2.05, 4.69) is 48.2 Å². The Bertz CT molecular complexity index is 2130. The normalized spacial score (nSPS) is 21.4. The molecule has 1 aromatic carbocycles. The summed E-state index contributed by atoms with van der Waals surface area (Å²) in [5.74, 6) is -1.93. The SMILES string of the molecule is CCCCCC(=O)O[C@H](COC(=O)CCCCCNC(=O)CCCCCNc1ccc([N+](=O)[O-])c2nonc12)COP(=O)([O-])OC1[C@H](O)[C@H](OP(=O)([O-])[O-])C(OP(=O)([O-])[O-])[C@H](OP(=O)([O-])[O-])[C@H]1O. The van der Waals surface area contributed by atoms with Crippen LogP contribution in [0.5, 0.6) is 0 Å². The van der Waals surface area contributed by atoms with E-state index >= 15 is 0 Å². The topological polar surface area (TPSA) is 492 Å². The van der Waals surface area contributed by atoms with Crippen LogP contribution in [0.15, 0.2) is 16.8 Å². The highest BCUT2D eigenvalue weighted by Crippen LogP contribution is 2.49. The number of carbonyl (C=O) groups excluding carboxylic acids is 3. The average Bonchev–Trinajstić information content (AvgIpc) is 3.72. The fraction of sp³-hybridized carbons (Fsp3) is 0.727. The van der Waals surface area contributed by atoms with Crippen molar-refractivity contribution in [3.05, 3.63) is 22.2 Å². The van der Waals surface area contributed by atoms with E-state index in [4.69, 9.17) is 9.47 Å². The van der Waals surface area contributed by atoms with E-state index in [1.807, 2.05) is 6.92 Å². The van der Waals surface area contributed by atoms with Gasteiger partial charge in [-0.1, -0.05) is 32.6 Å². The highest BCUT2D eigenvalue weighted by Gasteiger charge is 2.55. The number of benzene rings is 1. The number of amides is 1. The molecule has 0 aliphatic heterocycles. The van der Waals surface area contributed by atoms with Gasteiger partial charge in [0, 0.05) is 38.4 Å². The lowest BCUT2D eigenvalue weighted by Gasteiger charge is -2.52. The summed E-state index contributed by atoms with van der Waals surface area (Å²) in [4.78, 5) is 129. The summed E-state index contributed by atoms with van der Waals surface area (Å²) < 4.78 is 83.0. The standard InChI is InChI=1S/C33H55N5O26P4/c1-2-3-6-13-25(41)59-20(19-58-68(55,56)63-30-28(42)31(60-65(46,47)48)33(62-67(52,53)54)32(29(30)43)61-66(49,50)51)18-57-24(40)12-8-5-10-17-35-23(39)11-7-4-9-16-34-21-14-15-22(38(44)45)27-26(21)36-64-37-27/h14-15,20,28-34,42-43H,2-13,16-19H2,1H3,(H,35,39)(H,55,56)(H2,46,47,48)(H2,49,50,51)(H2,52,53,54)/p-7/t20-,28+,29+,30?,31-,32+,33?/m1/s1. The second-order valence-electron chi connectivity index (χ2n) is 14.8. The zero-order valence-electron chi connectivity index (χ0n) is 35.8. The van der Waals surface area contributed by atoms with Crippen LogP contribution in [0.4, 0.5) is 11.4 Å². The van der Waals surface area contributed by atoms with E-state index in [0.29, 0.717) is 70.1 Å². The second kappa shape index (κ2) is 27.3. The molecule has 1 aromatic heterocycles. The molecular weight excluding hydrogens is 1010 g/mol. The minimum absolute atomic E-state index is 0.0176. The van der Waals surface area contributed by atoms with Gasteiger partial charge in [0.15, 0.2) is 11.6 Å². The summed E-state index contributed by atoms with van der Waals surface area (Å²) in [6, 6.07) is 2.79. The Morgan fingerprint density at radius 2 is 1.25 bits per heavy atom. The lowest BCUT2D eigenvalue weighted by Crippen LogP contribution is -2.66. The van der Waals surface area contributed by atoms with Gasteiger partial charge in [-0.05, 0) is 48.5 Å². The van der Waals surface area contributed by atoms with Gasteiger partial charge in [-0.2, -0.15) is 0 Å². The Balaban J connectivity index is 1.47. The maximum atomic E-state index is 12.9. The predicted octanol–water partition coefficient (Wildman–Crippen LogP) is -2.94. The highest BCUT2D eigenvalue weighted by molar-refractivity contribution is 7.46. The Kier molecular flexibility index (Phi) is 23.6. The molecule has 8 atom stereocenters. The number of nitrogens with zero attached hydrogens (tertiary/aromatic N) is 3. The van der Waals surface area contributed by atoms with Gasteiger partial charge in [-0.3, -0.25) is 29.1 Å². The van der Waals surface area contributed by atoms with Crippen LogP contribution < -0.4 is 44.9 Å². The Morgan fingerprint density at radius 1 is 0.706 bits per heavy atom. The van der Waals surface area contributed by atoms with Crippen molar-refractivity contribution in [2.75, 3.05) is 31.6 Å². The third kappa shape index (κ3) is 21.3. The summed E-state index contributed by atoms with van der Waals surface area (Å²) in [5.41, 5.74) is 0.509. The number of hydrogen-bond acceptors (Lipinski definition) is 29. The summed E-state index contributed by atoms with van der Waals surface area (Å²) in [6.45, 7) is 0.609. The zero-order chi connectivity index (χ0) is 50.9. The number of aliphatic hydroxyl groups excluding tert-OH is 2. The maximum absolute atomic E-state index is 12.9. The van der Waals surface area contributed by atoms with E-state index in [1.54, 1.807) is 0 Å². The Hall–Kier alpha value is -3.41. The number of nitro benzene ring substituents is 1. The maximum Gasteiger partial charge on any atom is 0.306 e. The number of esters is 2. The summed E-state index contributed by atoms with van der Waals surface area (Å²) in [7, 11) is -25.2. The van der Waals surface area contributed by atoms with Crippen molar-refractivity contribution in [3.8, 4) is 0 Å². The van der Waals surface area contributed by atoms with Gasteiger partial charge in [0.1, 0.15) is 43.2 Å². The van der Waals surface area contributed by atoms with E-state index < -0.39 is 104 Å². The van der Waals surface area contributed by atoms with Gasteiger partial charge in [0.25, 0.3) is 7.82 Å². The molecule has 1 heterocycles. The van der Waals surface area contributed by atoms with Crippen molar-refractivity contribution < 1.29 is 119 Å². The van der Waals surface area contributed by atoms with Crippen LogP contribution in [-0.4, -0.2) is 112 Å². The van der Waals surface area contributed by atoms with Crippen molar-refractivity contribution in [2.24, 2.45) is 0 Å². The van der Waals surface area contributed by atoms with Gasteiger partial charge in [0.2, 0.25) is 11.4 Å². The number of non-ortho nitro benzene ring substituents is 1. The summed E-state index contributed by atoms with van der Waals surface area (Å²) in [6.07, 6.45) is -15.2. The van der Waals surface area contributed by atoms with Crippen molar-refractivity contribution >= 4 is 71.5 Å². The lowest BCUT2D eigenvalue weighted by molar-refractivity contribution is -0.383. The molecule has 1 fully saturated rings.